The predicted molar refractivity (Wildman–Crippen MR) is 72.8 cm³/mol. The minimum absolute atomic E-state index is 0.00217. The number of hydrogen-bond acceptors (Lipinski definition) is 4. The topological polar surface area (TPSA) is 81.1 Å². The van der Waals surface area contributed by atoms with Gasteiger partial charge in [0.2, 0.25) is 0 Å². The standard InChI is InChI=1S/C14H18N2O4/c1-10-2-3-11(12(17)8-10)14(20)16-6-4-15(5-7-16)9-13(18)19/h2-3,8,17H,4-7,9H2,1H3,(H,18,19). The highest BCUT2D eigenvalue weighted by molar-refractivity contribution is 5.97. The molecule has 1 aliphatic rings. The van der Waals surface area contributed by atoms with Crippen molar-refractivity contribution < 1.29 is 19.8 Å². The minimum atomic E-state index is -0.860. The van der Waals surface area contributed by atoms with Gasteiger partial charge in [-0.25, -0.2) is 0 Å². The molecule has 0 spiro atoms. The number of benzene rings is 1. The lowest BCUT2D eigenvalue weighted by Gasteiger charge is -2.33. The maximum Gasteiger partial charge on any atom is 0.317 e. The molecule has 1 amide bonds. The summed E-state index contributed by atoms with van der Waals surface area (Å²) in [5, 5.41) is 18.6. The number of phenols is 1. The van der Waals surface area contributed by atoms with Crippen LogP contribution in [0.25, 0.3) is 0 Å². The Bertz CT molecular complexity index is 522. The highest BCUT2D eigenvalue weighted by Gasteiger charge is 2.24. The van der Waals surface area contributed by atoms with Crippen LogP contribution in [0.2, 0.25) is 0 Å². The lowest BCUT2D eigenvalue weighted by Crippen LogP contribution is -2.49. The molecule has 20 heavy (non-hydrogen) atoms. The second kappa shape index (κ2) is 5.92. The van der Waals surface area contributed by atoms with Crippen LogP contribution >= 0.6 is 0 Å². The summed E-state index contributed by atoms with van der Waals surface area (Å²) in [7, 11) is 0. The van der Waals surface area contributed by atoms with Crippen LogP contribution in [0.15, 0.2) is 18.2 Å². The molecule has 1 aromatic carbocycles. The van der Waals surface area contributed by atoms with E-state index in [9.17, 15) is 14.7 Å². The van der Waals surface area contributed by atoms with E-state index in [-0.39, 0.29) is 18.2 Å². The van der Waals surface area contributed by atoms with Crippen molar-refractivity contribution >= 4 is 11.9 Å². The average Bonchev–Trinajstić information content (AvgIpc) is 2.38. The number of aryl methyl sites for hydroxylation is 1. The maximum atomic E-state index is 12.3. The first-order chi connectivity index (χ1) is 9.47. The van der Waals surface area contributed by atoms with E-state index >= 15 is 0 Å². The highest BCUT2D eigenvalue weighted by Crippen LogP contribution is 2.20. The quantitative estimate of drug-likeness (QED) is 0.843. The molecule has 6 nitrogen and oxygen atoms in total. The van der Waals surface area contributed by atoms with E-state index in [0.717, 1.165) is 5.56 Å². The zero-order valence-corrected chi connectivity index (χ0v) is 11.4. The first kappa shape index (κ1) is 14.3. The van der Waals surface area contributed by atoms with Gasteiger partial charge in [0, 0.05) is 26.2 Å². The van der Waals surface area contributed by atoms with Gasteiger partial charge in [-0.05, 0) is 24.6 Å². The van der Waals surface area contributed by atoms with Crippen LogP contribution < -0.4 is 0 Å². The predicted octanol–water partition coefficient (Wildman–Crippen LogP) is 0.543. The molecule has 0 atom stereocenters. The Labute approximate surface area is 117 Å². The third kappa shape index (κ3) is 3.27. The van der Waals surface area contributed by atoms with Crippen LogP contribution in [0.3, 0.4) is 0 Å². The zero-order valence-electron chi connectivity index (χ0n) is 11.4. The molecule has 6 heteroatoms. The number of aromatic hydroxyl groups is 1. The number of phenolic OH excluding ortho intramolecular Hbond substituents is 1. The van der Waals surface area contributed by atoms with Gasteiger partial charge in [0.1, 0.15) is 5.75 Å². The molecule has 0 bridgehead atoms. The van der Waals surface area contributed by atoms with E-state index in [1.54, 1.807) is 28.0 Å². The van der Waals surface area contributed by atoms with Gasteiger partial charge in [0.15, 0.2) is 0 Å². The van der Waals surface area contributed by atoms with Crippen LogP contribution in [-0.2, 0) is 4.79 Å². The Balaban J connectivity index is 1.99. The Hall–Kier alpha value is -2.08. The largest absolute Gasteiger partial charge is 0.507 e. The van der Waals surface area contributed by atoms with Crippen molar-refractivity contribution in [1.29, 1.82) is 0 Å². The van der Waals surface area contributed by atoms with Gasteiger partial charge in [-0.15, -0.1) is 0 Å². The number of aliphatic carboxylic acids is 1. The lowest BCUT2D eigenvalue weighted by molar-refractivity contribution is -0.138. The fourth-order valence-corrected chi connectivity index (χ4v) is 2.29. The first-order valence-corrected chi connectivity index (χ1v) is 6.50. The van der Waals surface area contributed by atoms with Gasteiger partial charge in [-0.1, -0.05) is 6.07 Å². The smallest absolute Gasteiger partial charge is 0.317 e. The van der Waals surface area contributed by atoms with E-state index in [1.807, 2.05) is 6.92 Å². The Morgan fingerprint density at radius 3 is 2.40 bits per heavy atom. The Morgan fingerprint density at radius 1 is 1.20 bits per heavy atom. The second-order valence-corrected chi connectivity index (χ2v) is 4.98. The average molecular weight is 278 g/mol. The number of amides is 1. The molecular formula is C14H18N2O4. The molecule has 1 heterocycles. The number of carbonyl (C=O) groups excluding carboxylic acids is 1. The molecule has 0 aromatic heterocycles. The van der Waals surface area contributed by atoms with E-state index in [0.29, 0.717) is 31.7 Å². The van der Waals surface area contributed by atoms with Gasteiger partial charge in [0.25, 0.3) is 5.91 Å². The number of rotatable bonds is 3. The number of carbonyl (C=O) groups is 2. The van der Waals surface area contributed by atoms with Gasteiger partial charge in [-0.2, -0.15) is 0 Å². The van der Waals surface area contributed by atoms with Crippen LogP contribution in [0, 0.1) is 6.92 Å². The van der Waals surface area contributed by atoms with Crippen LogP contribution in [0.1, 0.15) is 15.9 Å². The number of nitrogens with zero attached hydrogens (tertiary/aromatic N) is 2. The second-order valence-electron chi connectivity index (χ2n) is 4.98. The summed E-state index contributed by atoms with van der Waals surface area (Å²) in [5.74, 6) is -1.08. The van der Waals surface area contributed by atoms with Crippen molar-refractivity contribution in [2.45, 2.75) is 6.92 Å². The molecule has 2 rings (SSSR count). The Morgan fingerprint density at radius 2 is 1.85 bits per heavy atom. The molecular weight excluding hydrogens is 260 g/mol. The van der Waals surface area contributed by atoms with Crippen LogP contribution in [-0.4, -0.2) is 64.6 Å². The number of carboxylic acids is 1. The van der Waals surface area contributed by atoms with Gasteiger partial charge in [0.05, 0.1) is 12.1 Å². The molecule has 1 aliphatic heterocycles. The van der Waals surface area contributed by atoms with Crippen molar-refractivity contribution in [3.63, 3.8) is 0 Å². The minimum Gasteiger partial charge on any atom is -0.507 e. The first-order valence-electron chi connectivity index (χ1n) is 6.50. The number of hydrogen-bond donors (Lipinski definition) is 2. The summed E-state index contributed by atoms with van der Waals surface area (Å²) in [6.45, 7) is 3.85. The summed E-state index contributed by atoms with van der Waals surface area (Å²) in [6.07, 6.45) is 0. The molecule has 0 saturated carbocycles. The molecule has 0 unspecified atom stereocenters. The molecule has 0 aliphatic carbocycles. The number of carboxylic acid groups (broad SMARTS) is 1. The van der Waals surface area contributed by atoms with Gasteiger partial charge < -0.3 is 15.1 Å². The van der Waals surface area contributed by atoms with Crippen molar-refractivity contribution in [1.82, 2.24) is 9.80 Å². The molecule has 1 saturated heterocycles. The van der Waals surface area contributed by atoms with E-state index in [4.69, 9.17) is 5.11 Å². The van der Waals surface area contributed by atoms with Crippen LogP contribution in [0.4, 0.5) is 0 Å². The highest BCUT2D eigenvalue weighted by atomic mass is 16.4. The normalized spacial score (nSPS) is 16.1. The fraction of sp³-hybridized carbons (Fsp3) is 0.429. The monoisotopic (exact) mass is 278 g/mol. The molecule has 108 valence electrons. The van der Waals surface area contributed by atoms with Crippen molar-refractivity contribution in [3.8, 4) is 5.75 Å². The van der Waals surface area contributed by atoms with Crippen molar-refractivity contribution in [2.75, 3.05) is 32.7 Å². The van der Waals surface area contributed by atoms with E-state index in [2.05, 4.69) is 0 Å². The summed E-state index contributed by atoms with van der Waals surface area (Å²) in [5.41, 5.74) is 1.19. The summed E-state index contributed by atoms with van der Waals surface area (Å²) >= 11 is 0. The zero-order chi connectivity index (χ0) is 14.7. The lowest BCUT2D eigenvalue weighted by atomic mass is 10.1. The summed E-state index contributed by atoms with van der Waals surface area (Å²) < 4.78 is 0. The summed E-state index contributed by atoms with van der Waals surface area (Å²) in [4.78, 5) is 26.4. The third-order valence-corrected chi connectivity index (χ3v) is 3.40. The molecule has 2 N–H and O–H groups in total. The van der Waals surface area contributed by atoms with E-state index < -0.39 is 5.97 Å². The molecule has 0 radical (unpaired) electrons. The van der Waals surface area contributed by atoms with Crippen molar-refractivity contribution in [2.24, 2.45) is 0 Å². The maximum absolute atomic E-state index is 12.3. The van der Waals surface area contributed by atoms with Crippen molar-refractivity contribution in [3.05, 3.63) is 29.3 Å². The number of piperazine rings is 1. The van der Waals surface area contributed by atoms with Gasteiger partial charge in [-0.3, -0.25) is 14.5 Å². The van der Waals surface area contributed by atoms with Crippen LogP contribution in [0.5, 0.6) is 5.75 Å². The molecule has 1 aromatic rings. The summed E-state index contributed by atoms with van der Waals surface area (Å²) in [6, 6.07) is 4.97. The SMILES string of the molecule is Cc1ccc(C(=O)N2CCN(CC(=O)O)CC2)c(O)c1. The fourth-order valence-electron chi connectivity index (χ4n) is 2.29. The van der Waals surface area contributed by atoms with E-state index in [1.165, 1.54) is 0 Å². The third-order valence-electron chi connectivity index (χ3n) is 3.40. The Kier molecular flexibility index (Phi) is 4.24. The molecule has 1 fully saturated rings. The van der Waals surface area contributed by atoms with Gasteiger partial charge >= 0.3 is 5.97 Å².